The average Bonchev–Trinajstić information content (AvgIpc) is 2.62. The molecule has 2 rings (SSSR count). The highest BCUT2D eigenvalue weighted by Gasteiger charge is 2.52. The predicted molar refractivity (Wildman–Crippen MR) is 89.0 cm³/mol. The Morgan fingerprint density at radius 2 is 1.71 bits per heavy atom. The van der Waals surface area contributed by atoms with Crippen molar-refractivity contribution in [3.63, 3.8) is 0 Å². The van der Waals surface area contributed by atoms with Crippen LogP contribution < -0.4 is 5.32 Å². The number of ether oxygens (including phenoxy) is 4. The largest absolute Gasteiger partial charge is 0.479 e. The van der Waals surface area contributed by atoms with Crippen LogP contribution in [-0.4, -0.2) is 112 Å². The van der Waals surface area contributed by atoms with Crippen LogP contribution in [0.4, 0.5) is 0 Å². The highest BCUT2D eigenvalue weighted by Crippen LogP contribution is 2.30. The molecule has 0 aromatic rings. The molecule has 0 spiro atoms. The Labute approximate surface area is 160 Å². The smallest absolute Gasteiger partial charge is 0.335 e. The van der Waals surface area contributed by atoms with Crippen molar-refractivity contribution in [1.29, 1.82) is 0 Å². The van der Waals surface area contributed by atoms with Crippen LogP contribution in [0.3, 0.4) is 0 Å². The zero-order chi connectivity index (χ0) is 21.2. The quantitative estimate of drug-likeness (QED) is 0.256. The summed E-state index contributed by atoms with van der Waals surface area (Å²) < 4.78 is 21.3. The molecule has 2 aliphatic heterocycles. The number of aliphatic hydroxyl groups is 4. The minimum absolute atomic E-state index is 0.442. The van der Waals surface area contributed by atoms with E-state index in [1.807, 2.05) is 0 Å². The first-order chi connectivity index (χ1) is 13.1. The van der Waals surface area contributed by atoms with Crippen LogP contribution in [-0.2, 0) is 28.5 Å². The lowest BCUT2D eigenvalue weighted by Crippen LogP contribution is -2.67. The third-order valence-electron chi connectivity index (χ3n) is 4.87. The molecule has 12 heteroatoms. The maximum Gasteiger partial charge on any atom is 0.335 e. The number of rotatable bonds is 6. The van der Waals surface area contributed by atoms with Gasteiger partial charge in [-0.05, 0) is 6.92 Å². The zero-order valence-electron chi connectivity index (χ0n) is 15.7. The van der Waals surface area contributed by atoms with E-state index in [0.717, 1.165) is 0 Å². The molecule has 1 amide bonds. The number of carboxylic acids is 1. The molecule has 4 unspecified atom stereocenters. The molecule has 2 fully saturated rings. The van der Waals surface area contributed by atoms with E-state index in [9.17, 15) is 35.1 Å². The monoisotopic (exact) mass is 409 g/mol. The van der Waals surface area contributed by atoms with Crippen LogP contribution in [0.1, 0.15) is 13.8 Å². The van der Waals surface area contributed by atoms with Crippen LogP contribution in [0.15, 0.2) is 0 Å². The van der Waals surface area contributed by atoms with E-state index in [4.69, 9.17) is 18.9 Å². The minimum Gasteiger partial charge on any atom is -0.479 e. The van der Waals surface area contributed by atoms with Gasteiger partial charge in [0.05, 0.1) is 18.8 Å². The summed E-state index contributed by atoms with van der Waals surface area (Å²) in [6.45, 7) is 2.30. The number of amides is 1. The van der Waals surface area contributed by atoms with Gasteiger partial charge < -0.3 is 49.8 Å². The molecule has 0 saturated carbocycles. The van der Waals surface area contributed by atoms with Crippen molar-refractivity contribution in [3.05, 3.63) is 0 Å². The third-order valence-corrected chi connectivity index (χ3v) is 4.87. The van der Waals surface area contributed by atoms with Crippen molar-refractivity contribution >= 4 is 11.9 Å². The summed E-state index contributed by atoms with van der Waals surface area (Å²) in [5.74, 6) is -1.94. The van der Waals surface area contributed by atoms with Gasteiger partial charge >= 0.3 is 5.97 Å². The van der Waals surface area contributed by atoms with E-state index < -0.39 is 79.6 Å². The minimum atomic E-state index is -1.75. The molecule has 0 aromatic heterocycles. The van der Waals surface area contributed by atoms with Gasteiger partial charge in [-0.3, -0.25) is 4.79 Å². The molecule has 10 atom stereocenters. The number of carboxylic acid groups (broad SMARTS) is 1. The standard InChI is InChI=1S/C16H27NO11/c1-5-8(17-6(2)19)12(9(20)7(4-18)26-5)27-16-11(22)13(25-3)10(21)14(28-16)15(23)24/h5,7-14,16,18,20-22H,4H2,1-3H3,(H,17,19)(H,23,24)/t5-,7?,8+,9+,10-,11-,12?,13?,14?,16+/m0/s1. The Balaban J connectivity index is 2.28. The fourth-order valence-electron chi connectivity index (χ4n) is 3.47. The Hall–Kier alpha value is -1.38. The van der Waals surface area contributed by atoms with E-state index in [1.54, 1.807) is 6.92 Å². The molecule has 6 N–H and O–H groups in total. The van der Waals surface area contributed by atoms with Gasteiger partial charge in [0.2, 0.25) is 5.91 Å². The van der Waals surface area contributed by atoms with Gasteiger partial charge in [0.15, 0.2) is 12.4 Å². The maximum absolute atomic E-state index is 11.5. The molecule has 28 heavy (non-hydrogen) atoms. The molecule has 2 aliphatic rings. The van der Waals surface area contributed by atoms with Gasteiger partial charge in [-0.2, -0.15) is 0 Å². The Morgan fingerprint density at radius 3 is 2.21 bits per heavy atom. The van der Waals surface area contributed by atoms with Crippen molar-refractivity contribution in [2.24, 2.45) is 0 Å². The summed E-state index contributed by atoms with van der Waals surface area (Å²) in [6, 6.07) is -0.887. The van der Waals surface area contributed by atoms with Crippen molar-refractivity contribution in [1.82, 2.24) is 5.32 Å². The Bertz CT molecular complexity index is 561. The molecule has 0 aromatic carbocycles. The highest BCUT2D eigenvalue weighted by atomic mass is 16.7. The Kier molecular flexibility index (Phi) is 7.70. The van der Waals surface area contributed by atoms with Gasteiger partial charge in [-0.25, -0.2) is 4.79 Å². The average molecular weight is 409 g/mol. The van der Waals surface area contributed by atoms with Crippen LogP contribution in [0.2, 0.25) is 0 Å². The van der Waals surface area contributed by atoms with Crippen molar-refractivity contribution in [2.75, 3.05) is 13.7 Å². The van der Waals surface area contributed by atoms with Gasteiger partial charge in [-0.15, -0.1) is 0 Å². The fourth-order valence-corrected chi connectivity index (χ4v) is 3.47. The van der Waals surface area contributed by atoms with Crippen LogP contribution >= 0.6 is 0 Å². The third kappa shape index (κ3) is 4.60. The second kappa shape index (κ2) is 9.41. The molecule has 2 heterocycles. The van der Waals surface area contributed by atoms with Gasteiger partial charge in [0, 0.05) is 14.0 Å². The first-order valence-corrected chi connectivity index (χ1v) is 8.76. The molecule has 0 radical (unpaired) electrons. The summed E-state index contributed by atoms with van der Waals surface area (Å²) >= 11 is 0. The number of hydrogen-bond donors (Lipinski definition) is 6. The van der Waals surface area contributed by atoms with E-state index in [1.165, 1.54) is 14.0 Å². The lowest BCUT2D eigenvalue weighted by molar-refractivity contribution is -0.327. The molecule has 0 aliphatic carbocycles. The van der Waals surface area contributed by atoms with Gasteiger partial charge in [0.25, 0.3) is 0 Å². The van der Waals surface area contributed by atoms with E-state index >= 15 is 0 Å². The number of aliphatic hydroxyl groups excluding tert-OH is 4. The number of carbonyl (C=O) groups is 2. The lowest BCUT2D eigenvalue weighted by Gasteiger charge is -2.47. The van der Waals surface area contributed by atoms with Crippen LogP contribution in [0, 0.1) is 0 Å². The molecular weight excluding hydrogens is 382 g/mol. The highest BCUT2D eigenvalue weighted by molar-refractivity contribution is 5.73. The Morgan fingerprint density at radius 1 is 1.07 bits per heavy atom. The number of hydrogen-bond acceptors (Lipinski definition) is 10. The molecular formula is C16H27NO11. The number of nitrogens with one attached hydrogen (secondary N) is 1. The molecule has 162 valence electrons. The SMILES string of the molecule is COC1[C@H](O)C(C(=O)O)O[C@@H](OC2[C@H](O)C(CO)O[C@@H](C)[C@H]2NC(C)=O)[C@H]1O. The van der Waals surface area contributed by atoms with Crippen LogP contribution in [0.5, 0.6) is 0 Å². The predicted octanol–water partition coefficient (Wildman–Crippen LogP) is -3.44. The summed E-state index contributed by atoms with van der Waals surface area (Å²) in [5.41, 5.74) is 0. The number of carbonyl (C=O) groups excluding carboxylic acids is 1. The second-order valence-corrected chi connectivity index (χ2v) is 6.82. The van der Waals surface area contributed by atoms with Gasteiger partial charge in [-0.1, -0.05) is 0 Å². The van der Waals surface area contributed by atoms with Gasteiger partial charge in [0.1, 0.15) is 36.6 Å². The van der Waals surface area contributed by atoms with E-state index in [2.05, 4.69) is 5.32 Å². The maximum atomic E-state index is 11.5. The lowest BCUT2D eigenvalue weighted by atomic mass is 9.92. The normalized spacial score (nSPS) is 44.1. The second-order valence-electron chi connectivity index (χ2n) is 6.82. The fraction of sp³-hybridized carbons (Fsp3) is 0.875. The van der Waals surface area contributed by atoms with E-state index in [0.29, 0.717) is 0 Å². The first kappa shape index (κ1) is 22.9. The number of methoxy groups -OCH3 is 1. The van der Waals surface area contributed by atoms with E-state index in [-0.39, 0.29) is 0 Å². The topological polar surface area (TPSA) is 184 Å². The van der Waals surface area contributed by atoms with Crippen LogP contribution in [0.25, 0.3) is 0 Å². The summed E-state index contributed by atoms with van der Waals surface area (Å²) in [7, 11) is 1.17. The molecule has 0 bridgehead atoms. The summed E-state index contributed by atoms with van der Waals surface area (Å²) in [5, 5.41) is 52.1. The molecule has 2 saturated heterocycles. The zero-order valence-corrected chi connectivity index (χ0v) is 15.7. The van der Waals surface area contributed by atoms with Crippen molar-refractivity contribution in [2.45, 2.75) is 75.0 Å². The van der Waals surface area contributed by atoms with Crippen molar-refractivity contribution in [3.8, 4) is 0 Å². The molecule has 12 nitrogen and oxygen atoms in total. The summed E-state index contributed by atoms with van der Waals surface area (Å²) in [4.78, 5) is 22.9. The first-order valence-electron chi connectivity index (χ1n) is 8.76. The number of aliphatic carboxylic acids is 1. The summed E-state index contributed by atoms with van der Waals surface area (Å²) in [6.07, 6.45) is -12.3. The van der Waals surface area contributed by atoms with Crippen molar-refractivity contribution < 1.29 is 54.1 Å².